The second-order valence-electron chi connectivity index (χ2n) is 5.98. The first kappa shape index (κ1) is 16.4. The lowest BCUT2D eigenvalue weighted by Gasteiger charge is -2.35. The lowest BCUT2D eigenvalue weighted by atomic mass is 9.97. The van der Waals surface area contributed by atoms with Crippen molar-refractivity contribution in [2.75, 3.05) is 6.54 Å². The fourth-order valence-electron chi connectivity index (χ4n) is 2.79. The molecule has 1 heterocycles. The summed E-state index contributed by atoms with van der Waals surface area (Å²) >= 11 is 0. The molecule has 1 aliphatic heterocycles. The van der Waals surface area contributed by atoms with Gasteiger partial charge in [-0.25, -0.2) is 12.8 Å². The van der Waals surface area contributed by atoms with E-state index in [-0.39, 0.29) is 22.1 Å². The van der Waals surface area contributed by atoms with Crippen LogP contribution in [0.1, 0.15) is 37.8 Å². The first-order valence-electron chi connectivity index (χ1n) is 7.19. The molecule has 0 spiro atoms. The fourth-order valence-corrected chi connectivity index (χ4v) is 4.71. The topological polar surface area (TPSA) is 57.6 Å². The number of halogens is 1. The van der Waals surface area contributed by atoms with Gasteiger partial charge in [-0.05, 0) is 50.3 Å². The number of hydrogen-bond acceptors (Lipinski definition) is 3. The third kappa shape index (κ3) is 3.12. The summed E-state index contributed by atoms with van der Waals surface area (Å²) in [5.74, 6) is -0.230. The molecule has 1 aromatic carbocycles. The molecule has 0 aliphatic carbocycles. The van der Waals surface area contributed by atoms with Crippen LogP contribution in [0.15, 0.2) is 17.0 Å². The number of aliphatic hydroxyl groups excluding tert-OH is 1. The fraction of sp³-hybridized carbons (Fsp3) is 0.600. The van der Waals surface area contributed by atoms with Crippen LogP contribution in [-0.2, 0) is 16.6 Å². The molecule has 2 unspecified atom stereocenters. The maximum absolute atomic E-state index is 13.8. The number of piperidine rings is 1. The van der Waals surface area contributed by atoms with Crippen molar-refractivity contribution >= 4 is 10.0 Å². The molecular formula is C15H22FNO3S. The molecule has 1 aliphatic rings. The van der Waals surface area contributed by atoms with Crippen LogP contribution < -0.4 is 0 Å². The summed E-state index contributed by atoms with van der Waals surface area (Å²) in [5.41, 5.74) is 0.254. The molecule has 0 bridgehead atoms. The van der Waals surface area contributed by atoms with Crippen molar-refractivity contribution in [2.45, 2.75) is 51.2 Å². The van der Waals surface area contributed by atoms with Gasteiger partial charge in [-0.15, -0.1) is 0 Å². The van der Waals surface area contributed by atoms with E-state index >= 15 is 0 Å². The van der Waals surface area contributed by atoms with Gasteiger partial charge >= 0.3 is 0 Å². The van der Waals surface area contributed by atoms with E-state index in [1.165, 1.54) is 23.4 Å². The van der Waals surface area contributed by atoms with Gasteiger partial charge < -0.3 is 5.11 Å². The zero-order valence-corrected chi connectivity index (χ0v) is 13.5. The highest BCUT2D eigenvalue weighted by Crippen LogP contribution is 2.29. The lowest BCUT2D eigenvalue weighted by molar-refractivity contribution is 0.218. The average Bonchev–Trinajstić information content (AvgIpc) is 2.44. The molecule has 1 N–H and O–H groups in total. The van der Waals surface area contributed by atoms with Crippen LogP contribution in [0.3, 0.4) is 0 Å². The molecule has 1 saturated heterocycles. The van der Waals surface area contributed by atoms with E-state index in [0.717, 1.165) is 12.8 Å². The molecule has 21 heavy (non-hydrogen) atoms. The zero-order valence-electron chi connectivity index (χ0n) is 12.6. The predicted molar refractivity (Wildman–Crippen MR) is 78.8 cm³/mol. The van der Waals surface area contributed by atoms with Crippen LogP contribution in [0.2, 0.25) is 0 Å². The minimum absolute atomic E-state index is 0.0197. The number of hydrogen-bond donors (Lipinski definition) is 1. The van der Waals surface area contributed by atoms with Gasteiger partial charge in [-0.1, -0.05) is 6.92 Å². The Morgan fingerprint density at radius 2 is 2.00 bits per heavy atom. The smallest absolute Gasteiger partial charge is 0.243 e. The molecular weight excluding hydrogens is 293 g/mol. The highest BCUT2D eigenvalue weighted by Gasteiger charge is 2.34. The highest BCUT2D eigenvalue weighted by molar-refractivity contribution is 7.89. The van der Waals surface area contributed by atoms with E-state index in [9.17, 15) is 17.9 Å². The average molecular weight is 315 g/mol. The van der Waals surface area contributed by atoms with Crippen molar-refractivity contribution in [3.63, 3.8) is 0 Å². The van der Waals surface area contributed by atoms with Crippen LogP contribution in [0.25, 0.3) is 0 Å². The summed E-state index contributed by atoms with van der Waals surface area (Å²) in [6, 6.07) is 2.52. The van der Waals surface area contributed by atoms with Crippen molar-refractivity contribution in [1.82, 2.24) is 4.31 Å². The number of aryl methyl sites for hydroxylation is 1. The second kappa shape index (κ2) is 6.02. The molecule has 0 radical (unpaired) electrons. The third-order valence-corrected chi connectivity index (χ3v) is 6.10. The number of sulfonamides is 1. The van der Waals surface area contributed by atoms with Gasteiger partial charge in [0, 0.05) is 18.2 Å². The quantitative estimate of drug-likeness (QED) is 0.932. The maximum Gasteiger partial charge on any atom is 0.243 e. The van der Waals surface area contributed by atoms with E-state index in [1.54, 1.807) is 0 Å². The van der Waals surface area contributed by atoms with Crippen LogP contribution in [0.4, 0.5) is 4.39 Å². The van der Waals surface area contributed by atoms with Crippen LogP contribution in [0.5, 0.6) is 0 Å². The summed E-state index contributed by atoms with van der Waals surface area (Å²) in [5, 5.41) is 9.19. The molecule has 1 fully saturated rings. The first-order chi connectivity index (χ1) is 9.77. The minimum Gasteiger partial charge on any atom is -0.392 e. The normalized spacial score (nSPS) is 24.2. The van der Waals surface area contributed by atoms with Gasteiger partial charge in [0.15, 0.2) is 0 Å². The van der Waals surface area contributed by atoms with Gasteiger partial charge in [-0.2, -0.15) is 4.31 Å². The van der Waals surface area contributed by atoms with Gasteiger partial charge in [0.2, 0.25) is 10.0 Å². The number of nitrogens with zero attached hydrogens (tertiary/aromatic N) is 1. The Hall–Kier alpha value is -0.980. The van der Waals surface area contributed by atoms with Gasteiger partial charge in [0.25, 0.3) is 0 Å². The number of rotatable bonds is 3. The Labute approximate surface area is 125 Å². The van der Waals surface area contributed by atoms with E-state index in [2.05, 4.69) is 0 Å². The molecule has 4 nitrogen and oxygen atoms in total. The molecule has 118 valence electrons. The van der Waals surface area contributed by atoms with E-state index < -0.39 is 22.4 Å². The van der Waals surface area contributed by atoms with E-state index in [1.807, 2.05) is 13.8 Å². The van der Waals surface area contributed by atoms with Crippen LogP contribution in [0, 0.1) is 18.7 Å². The maximum atomic E-state index is 13.8. The first-order valence-corrected chi connectivity index (χ1v) is 8.63. The third-order valence-electron chi connectivity index (χ3n) is 4.14. The molecule has 0 amide bonds. The van der Waals surface area contributed by atoms with Crippen molar-refractivity contribution < 1.29 is 17.9 Å². The monoisotopic (exact) mass is 315 g/mol. The highest BCUT2D eigenvalue weighted by atomic mass is 32.2. The molecule has 2 rings (SSSR count). The Balaban J connectivity index is 2.46. The number of aliphatic hydroxyl groups is 1. The molecule has 1 aromatic rings. The summed E-state index contributed by atoms with van der Waals surface area (Å²) in [4.78, 5) is 0.0615. The van der Waals surface area contributed by atoms with Gasteiger partial charge in [-0.3, -0.25) is 0 Å². The summed E-state index contributed by atoms with van der Waals surface area (Å²) in [6.07, 6.45) is 1.84. The van der Waals surface area contributed by atoms with E-state index in [4.69, 9.17) is 0 Å². The summed E-state index contributed by atoms with van der Waals surface area (Å²) in [7, 11) is -3.66. The minimum atomic E-state index is -3.66. The van der Waals surface area contributed by atoms with Crippen molar-refractivity contribution in [3.8, 4) is 0 Å². The van der Waals surface area contributed by atoms with Gasteiger partial charge in [0.1, 0.15) is 5.82 Å². The molecule has 6 heteroatoms. The Morgan fingerprint density at radius 3 is 2.62 bits per heavy atom. The SMILES string of the molecule is Cc1cc(S(=O)(=O)N2CC(C)CCC2C)cc(CO)c1F. The van der Waals surface area contributed by atoms with Crippen molar-refractivity contribution in [2.24, 2.45) is 5.92 Å². The standard InChI is InChI=1S/C15H22FNO3S/c1-10-4-5-12(3)17(8-10)21(19,20)14-6-11(2)15(16)13(7-14)9-18/h6-7,10,12,18H,4-5,8-9H2,1-3H3. The Bertz CT molecular complexity index is 630. The van der Waals surface area contributed by atoms with Gasteiger partial charge in [0.05, 0.1) is 11.5 Å². The molecule has 0 aromatic heterocycles. The largest absolute Gasteiger partial charge is 0.392 e. The Morgan fingerprint density at radius 1 is 1.33 bits per heavy atom. The summed E-state index contributed by atoms with van der Waals surface area (Å²) in [6.45, 7) is 5.41. The predicted octanol–water partition coefficient (Wildman–Crippen LogP) is 2.44. The second-order valence-corrected chi connectivity index (χ2v) is 7.87. The van der Waals surface area contributed by atoms with Crippen molar-refractivity contribution in [3.05, 3.63) is 29.1 Å². The molecule has 0 saturated carbocycles. The molecule has 2 atom stereocenters. The number of benzene rings is 1. The van der Waals surface area contributed by atoms with Crippen LogP contribution >= 0.6 is 0 Å². The van der Waals surface area contributed by atoms with Crippen LogP contribution in [-0.4, -0.2) is 30.4 Å². The zero-order chi connectivity index (χ0) is 15.8. The Kier molecular flexibility index (Phi) is 4.70. The van der Waals surface area contributed by atoms with E-state index in [0.29, 0.717) is 12.5 Å². The van der Waals surface area contributed by atoms with Crippen molar-refractivity contribution in [1.29, 1.82) is 0 Å². The summed E-state index contributed by atoms with van der Waals surface area (Å²) < 4.78 is 40.9. The lowest BCUT2D eigenvalue weighted by Crippen LogP contribution is -2.44.